The van der Waals surface area contributed by atoms with Gasteiger partial charge in [-0.1, -0.05) is 37.3 Å². The van der Waals surface area contributed by atoms with Gasteiger partial charge in [0.2, 0.25) is 5.95 Å². The predicted octanol–water partition coefficient (Wildman–Crippen LogP) is 2.48. The number of nitrogen functional groups attached to an aromatic ring is 1. The van der Waals surface area contributed by atoms with Gasteiger partial charge in [-0.25, -0.2) is 4.68 Å². The molecule has 0 spiro atoms. The fourth-order valence-electron chi connectivity index (χ4n) is 1.76. The summed E-state index contributed by atoms with van der Waals surface area (Å²) in [6.45, 7) is 4.13. The molecule has 6 heteroatoms. The van der Waals surface area contributed by atoms with Crippen molar-refractivity contribution in [2.45, 2.75) is 20.1 Å². The summed E-state index contributed by atoms with van der Waals surface area (Å²) in [5.74, 6) is 0.616. The molecule has 0 bridgehead atoms. The van der Waals surface area contributed by atoms with E-state index >= 15 is 0 Å². The predicted molar refractivity (Wildman–Crippen MR) is 77.4 cm³/mol. The van der Waals surface area contributed by atoms with Gasteiger partial charge in [-0.3, -0.25) is 0 Å². The lowest BCUT2D eigenvalue weighted by Crippen LogP contribution is -2.15. The first-order valence-electron chi connectivity index (χ1n) is 6.12. The lowest BCUT2D eigenvalue weighted by atomic mass is 10.2. The second-order valence-electron chi connectivity index (χ2n) is 4.53. The van der Waals surface area contributed by atoms with Crippen LogP contribution in [0.15, 0.2) is 35.1 Å². The summed E-state index contributed by atoms with van der Waals surface area (Å²) in [7, 11) is 0. The van der Waals surface area contributed by atoms with Crippen LogP contribution in [0.3, 0.4) is 0 Å². The first kappa shape index (κ1) is 14.0. The van der Waals surface area contributed by atoms with Crippen LogP contribution >= 0.6 is 15.9 Å². The Morgan fingerprint density at radius 3 is 2.74 bits per heavy atom. The van der Waals surface area contributed by atoms with Crippen LogP contribution in [0.4, 0.5) is 5.95 Å². The number of halogens is 1. The molecule has 102 valence electrons. The van der Waals surface area contributed by atoms with Gasteiger partial charge in [0.1, 0.15) is 0 Å². The summed E-state index contributed by atoms with van der Waals surface area (Å²) in [4.78, 5) is 4.00. The Balaban J connectivity index is 1.76. The molecular weight excluding hydrogens is 308 g/mol. The zero-order valence-corrected chi connectivity index (χ0v) is 12.4. The molecule has 1 heterocycles. The van der Waals surface area contributed by atoms with Crippen LogP contribution in [0.2, 0.25) is 0 Å². The van der Waals surface area contributed by atoms with Gasteiger partial charge in [-0.2, -0.15) is 4.98 Å². The molecule has 1 aromatic carbocycles. The summed E-state index contributed by atoms with van der Waals surface area (Å²) in [6, 6.07) is 10.1. The Morgan fingerprint density at radius 2 is 2.11 bits per heavy atom. The van der Waals surface area contributed by atoms with Gasteiger partial charge < -0.3 is 10.5 Å². The van der Waals surface area contributed by atoms with Gasteiger partial charge in [0.15, 0.2) is 4.73 Å². The lowest BCUT2D eigenvalue weighted by Gasteiger charge is -2.12. The minimum Gasteiger partial charge on any atom is -0.376 e. The zero-order chi connectivity index (χ0) is 13.7. The zero-order valence-electron chi connectivity index (χ0n) is 10.8. The van der Waals surface area contributed by atoms with E-state index < -0.39 is 0 Å². The normalized spacial score (nSPS) is 12.5. The average Bonchev–Trinajstić information content (AvgIpc) is 2.69. The minimum atomic E-state index is 0.282. The first-order valence-corrected chi connectivity index (χ1v) is 6.92. The van der Waals surface area contributed by atoms with Gasteiger partial charge in [0.05, 0.1) is 13.2 Å². The fourth-order valence-corrected chi connectivity index (χ4v) is 2.16. The summed E-state index contributed by atoms with van der Waals surface area (Å²) in [5, 5.41) is 4.10. The molecule has 0 radical (unpaired) electrons. The third-order valence-corrected chi connectivity index (χ3v) is 3.23. The third kappa shape index (κ3) is 4.33. The van der Waals surface area contributed by atoms with Crippen molar-refractivity contribution in [2.24, 2.45) is 5.92 Å². The molecule has 2 rings (SSSR count). The molecule has 2 aromatic rings. The van der Waals surface area contributed by atoms with Crippen molar-refractivity contribution < 1.29 is 4.74 Å². The third-order valence-electron chi connectivity index (χ3n) is 2.64. The maximum Gasteiger partial charge on any atom is 0.240 e. The van der Waals surface area contributed by atoms with Crippen LogP contribution in [-0.2, 0) is 17.9 Å². The van der Waals surface area contributed by atoms with E-state index in [2.05, 4.69) is 45.1 Å². The van der Waals surface area contributed by atoms with Gasteiger partial charge in [-0.05, 0) is 27.4 Å². The van der Waals surface area contributed by atoms with Gasteiger partial charge in [0.25, 0.3) is 0 Å². The minimum absolute atomic E-state index is 0.282. The van der Waals surface area contributed by atoms with E-state index in [9.17, 15) is 0 Å². The monoisotopic (exact) mass is 324 g/mol. The molecule has 19 heavy (non-hydrogen) atoms. The van der Waals surface area contributed by atoms with Crippen molar-refractivity contribution in [2.75, 3.05) is 12.3 Å². The number of hydrogen-bond donors (Lipinski definition) is 1. The van der Waals surface area contributed by atoms with Crippen LogP contribution < -0.4 is 5.73 Å². The molecule has 0 aliphatic carbocycles. The van der Waals surface area contributed by atoms with E-state index in [0.29, 0.717) is 23.9 Å². The number of nitrogens with zero attached hydrogens (tertiary/aromatic N) is 3. The average molecular weight is 325 g/mol. The SMILES string of the molecule is CC(COCc1ccccc1)Cn1nc(N)nc1Br. The largest absolute Gasteiger partial charge is 0.376 e. The summed E-state index contributed by atoms with van der Waals surface area (Å²) >= 11 is 3.32. The van der Waals surface area contributed by atoms with Crippen LogP contribution in [0.1, 0.15) is 12.5 Å². The number of nitrogens with two attached hydrogens (primary N) is 1. The van der Waals surface area contributed by atoms with Crippen molar-refractivity contribution in [1.29, 1.82) is 0 Å². The van der Waals surface area contributed by atoms with Crippen molar-refractivity contribution in [3.8, 4) is 0 Å². The smallest absolute Gasteiger partial charge is 0.240 e. The molecule has 0 saturated heterocycles. The number of benzene rings is 1. The van der Waals surface area contributed by atoms with Crippen molar-refractivity contribution in [1.82, 2.24) is 14.8 Å². The Labute approximate surface area is 120 Å². The van der Waals surface area contributed by atoms with Gasteiger partial charge in [-0.15, -0.1) is 5.10 Å². The fraction of sp³-hybridized carbons (Fsp3) is 0.385. The Bertz CT molecular complexity index is 515. The number of ether oxygens (including phenoxy) is 1. The Morgan fingerprint density at radius 1 is 1.37 bits per heavy atom. The van der Waals surface area contributed by atoms with E-state index in [0.717, 1.165) is 6.54 Å². The highest BCUT2D eigenvalue weighted by Crippen LogP contribution is 2.11. The van der Waals surface area contributed by atoms with Crippen LogP contribution in [0, 0.1) is 5.92 Å². The highest BCUT2D eigenvalue weighted by molar-refractivity contribution is 9.10. The van der Waals surface area contributed by atoms with Gasteiger partial charge in [0, 0.05) is 6.54 Å². The molecule has 1 unspecified atom stereocenters. The molecule has 0 aliphatic rings. The topological polar surface area (TPSA) is 66.0 Å². The molecule has 0 fully saturated rings. The maximum absolute atomic E-state index is 5.69. The molecule has 0 saturated carbocycles. The molecule has 0 amide bonds. The molecule has 5 nitrogen and oxygen atoms in total. The van der Waals surface area contributed by atoms with Crippen LogP contribution in [0.25, 0.3) is 0 Å². The standard InChI is InChI=1S/C13H17BrN4O/c1-10(7-18-12(14)16-13(15)17-18)8-19-9-11-5-3-2-4-6-11/h2-6,10H,7-9H2,1H3,(H2,15,17). The van der Waals surface area contributed by atoms with Crippen molar-refractivity contribution in [3.63, 3.8) is 0 Å². The molecule has 1 aromatic heterocycles. The van der Waals surface area contributed by atoms with E-state index in [1.165, 1.54) is 5.56 Å². The highest BCUT2D eigenvalue weighted by atomic mass is 79.9. The number of aromatic nitrogens is 3. The Hall–Kier alpha value is -1.40. The van der Waals surface area contributed by atoms with Crippen molar-refractivity contribution in [3.05, 3.63) is 40.6 Å². The van der Waals surface area contributed by atoms with E-state index in [4.69, 9.17) is 10.5 Å². The number of rotatable bonds is 6. The van der Waals surface area contributed by atoms with E-state index in [1.807, 2.05) is 18.2 Å². The first-order chi connectivity index (χ1) is 9.15. The molecule has 0 aliphatic heterocycles. The quantitative estimate of drug-likeness (QED) is 0.886. The summed E-state index contributed by atoms with van der Waals surface area (Å²) in [6.07, 6.45) is 0. The second-order valence-corrected chi connectivity index (χ2v) is 5.24. The Kier molecular flexibility index (Phi) is 4.93. The lowest BCUT2D eigenvalue weighted by molar-refractivity contribution is 0.0854. The number of anilines is 1. The van der Waals surface area contributed by atoms with Crippen LogP contribution in [-0.4, -0.2) is 21.4 Å². The van der Waals surface area contributed by atoms with E-state index in [-0.39, 0.29) is 5.95 Å². The molecular formula is C13H17BrN4O. The summed E-state index contributed by atoms with van der Waals surface area (Å²) in [5.41, 5.74) is 6.71. The van der Waals surface area contributed by atoms with E-state index in [1.54, 1.807) is 4.68 Å². The summed E-state index contributed by atoms with van der Waals surface area (Å²) < 4.78 is 8.09. The molecule has 1 atom stereocenters. The molecule has 2 N–H and O–H groups in total. The second kappa shape index (κ2) is 6.68. The van der Waals surface area contributed by atoms with Gasteiger partial charge >= 0.3 is 0 Å². The van der Waals surface area contributed by atoms with Crippen molar-refractivity contribution >= 4 is 21.9 Å². The van der Waals surface area contributed by atoms with Crippen LogP contribution in [0.5, 0.6) is 0 Å². The highest BCUT2D eigenvalue weighted by Gasteiger charge is 2.09. The number of hydrogen-bond acceptors (Lipinski definition) is 4. The maximum atomic E-state index is 5.69.